The van der Waals surface area contributed by atoms with Gasteiger partial charge in [0.1, 0.15) is 9.88 Å². The van der Waals surface area contributed by atoms with Crippen LogP contribution in [0.3, 0.4) is 0 Å². The van der Waals surface area contributed by atoms with Crippen LogP contribution in [0.15, 0.2) is 0 Å². The van der Waals surface area contributed by atoms with Gasteiger partial charge in [-0.05, 0) is 13.3 Å². The zero-order valence-electron chi connectivity index (χ0n) is 10.6. The van der Waals surface area contributed by atoms with E-state index in [0.29, 0.717) is 5.00 Å². The van der Waals surface area contributed by atoms with Crippen molar-refractivity contribution in [2.24, 2.45) is 5.73 Å². The Kier molecular flexibility index (Phi) is 4.55. The maximum Gasteiger partial charge on any atom is 0.350 e. The van der Waals surface area contributed by atoms with E-state index in [1.54, 1.807) is 0 Å². The molecule has 0 fully saturated rings. The first kappa shape index (κ1) is 14.3. The lowest BCUT2D eigenvalue weighted by atomic mass is 10.2. The Balaban J connectivity index is 3.24. The molecular weight excluding hydrogens is 254 g/mol. The third kappa shape index (κ3) is 2.73. The molecule has 0 saturated heterocycles. The fourth-order valence-corrected chi connectivity index (χ4v) is 2.52. The SMILES string of the molecule is CCC(C)Nc1sc(C(=O)OC)c(N)c1C(N)=O. The predicted octanol–water partition coefficient (Wildman–Crippen LogP) is 1.43. The summed E-state index contributed by atoms with van der Waals surface area (Å²) >= 11 is 1.08. The molecule has 1 unspecified atom stereocenters. The second kappa shape index (κ2) is 5.72. The van der Waals surface area contributed by atoms with Gasteiger partial charge in [0.2, 0.25) is 0 Å². The number of hydrogen-bond acceptors (Lipinski definition) is 6. The van der Waals surface area contributed by atoms with Crippen molar-refractivity contribution in [3.63, 3.8) is 0 Å². The Morgan fingerprint density at radius 2 is 2.11 bits per heavy atom. The van der Waals surface area contributed by atoms with E-state index in [2.05, 4.69) is 10.1 Å². The standard InChI is InChI=1S/C11H17N3O3S/c1-4-5(2)14-10-6(9(13)15)7(12)8(18-10)11(16)17-3/h5,14H,4,12H2,1-3H3,(H2,13,15). The van der Waals surface area contributed by atoms with E-state index < -0.39 is 11.9 Å². The van der Waals surface area contributed by atoms with Gasteiger partial charge >= 0.3 is 5.97 Å². The minimum Gasteiger partial charge on any atom is -0.465 e. The van der Waals surface area contributed by atoms with Gasteiger partial charge in [0.05, 0.1) is 18.4 Å². The van der Waals surface area contributed by atoms with Gasteiger partial charge in [-0.15, -0.1) is 11.3 Å². The third-order valence-electron chi connectivity index (χ3n) is 2.55. The van der Waals surface area contributed by atoms with Crippen LogP contribution < -0.4 is 16.8 Å². The summed E-state index contributed by atoms with van der Waals surface area (Å²) in [6.45, 7) is 3.96. The van der Waals surface area contributed by atoms with Crippen molar-refractivity contribution in [1.82, 2.24) is 0 Å². The Morgan fingerprint density at radius 3 is 2.56 bits per heavy atom. The number of ether oxygens (including phenoxy) is 1. The molecule has 0 aliphatic heterocycles. The van der Waals surface area contributed by atoms with Crippen LogP contribution in [0.4, 0.5) is 10.7 Å². The van der Waals surface area contributed by atoms with Crippen molar-refractivity contribution in [3.8, 4) is 0 Å². The van der Waals surface area contributed by atoms with Crippen LogP contribution in [0, 0.1) is 0 Å². The quantitative estimate of drug-likeness (QED) is 0.702. The average molecular weight is 271 g/mol. The van der Waals surface area contributed by atoms with Crippen LogP contribution in [-0.4, -0.2) is 25.0 Å². The number of esters is 1. The first-order valence-electron chi connectivity index (χ1n) is 5.49. The minimum absolute atomic E-state index is 0.0742. The number of nitrogens with one attached hydrogen (secondary N) is 1. The molecule has 0 spiro atoms. The summed E-state index contributed by atoms with van der Waals surface area (Å²) in [7, 11) is 1.26. The summed E-state index contributed by atoms with van der Waals surface area (Å²) in [5, 5.41) is 3.62. The number of methoxy groups -OCH3 is 1. The number of nitrogen functional groups attached to an aromatic ring is 1. The molecule has 100 valence electrons. The smallest absolute Gasteiger partial charge is 0.350 e. The van der Waals surface area contributed by atoms with E-state index in [0.717, 1.165) is 17.8 Å². The summed E-state index contributed by atoms with van der Waals surface area (Å²) in [6.07, 6.45) is 0.865. The van der Waals surface area contributed by atoms with Gasteiger partial charge in [0.25, 0.3) is 5.91 Å². The van der Waals surface area contributed by atoms with Crippen molar-refractivity contribution >= 4 is 33.9 Å². The maximum absolute atomic E-state index is 11.5. The van der Waals surface area contributed by atoms with Crippen molar-refractivity contribution in [3.05, 3.63) is 10.4 Å². The van der Waals surface area contributed by atoms with Gasteiger partial charge in [-0.3, -0.25) is 4.79 Å². The average Bonchev–Trinajstić information content (AvgIpc) is 2.65. The Bertz CT molecular complexity index is 470. The molecule has 1 aromatic heterocycles. The Labute approximate surface area is 109 Å². The lowest BCUT2D eigenvalue weighted by Crippen LogP contribution is -2.18. The molecule has 1 heterocycles. The van der Waals surface area contributed by atoms with Crippen molar-refractivity contribution < 1.29 is 14.3 Å². The molecule has 18 heavy (non-hydrogen) atoms. The molecule has 6 nitrogen and oxygen atoms in total. The number of hydrogen-bond donors (Lipinski definition) is 3. The number of amides is 1. The largest absolute Gasteiger partial charge is 0.465 e. The molecule has 5 N–H and O–H groups in total. The number of primary amides is 1. The predicted molar refractivity (Wildman–Crippen MR) is 72.0 cm³/mol. The molecule has 1 rings (SSSR count). The van der Waals surface area contributed by atoms with Gasteiger partial charge in [0, 0.05) is 6.04 Å². The highest BCUT2D eigenvalue weighted by atomic mass is 32.1. The molecule has 0 bridgehead atoms. The summed E-state index contributed by atoms with van der Waals surface area (Å²) in [5.41, 5.74) is 11.3. The van der Waals surface area contributed by atoms with Crippen LogP contribution in [0.5, 0.6) is 0 Å². The number of anilines is 2. The van der Waals surface area contributed by atoms with E-state index in [-0.39, 0.29) is 22.2 Å². The molecule has 0 aliphatic carbocycles. The number of carbonyl (C=O) groups is 2. The highest BCUT2D eigenvalue weighted by molar-refractivity contribution is 7.19. The molecule has 0 aliphatic rings. The molecule has 0 radical (unpaired) electrons. The van der Waals surface area contributed by atoms with Crippen molar-refractivity contribution in [1.29, 1.82) is 0 Å². The second-order valence-electron chi connectivity index (χ2n) is 3.86. The van der Waals surface area contributed by atoms with Gasteiger partial charge in [-0.2, -0.15) is 0 Å². The minimum atomic E-state index is -0.662. The first-order chi connectivity index (χ1) is 8.42. The molecular formula is C11H17N3O3S. The van der Waals surface area contributed by atoms with E-state index in [9.17, 15) is 9.59 Å². The third-order valence-corrected chi connectivity index (χ3v) is 3.67. The van der Waals surface area contributed by atoms with Crippen molar-refractivity contribution in [2.45, 2.75) is 26.3 Å². The number of carbonyl (C=O) groups excluding carboxylic acids is 2. The topological polar surface area (TPSA) is 107 Å². The molecule has 1 atom stereocenters. The van der Waals surface area contributed by atoms with Crippen LogP contribution in [0.1, 0.15) is 40.3 Å². The highest BCUT2D eigenvalue weighted by Gasteiger charge is 2.25. The zero-order valence-corrected chi connectivity index (χ0v) is 11.4. The van der Waals surface area contributed by atoms with Crippen LogP contribution in [0.25, 0.3) is 0 Å². The Hall–Kier alpha value is -1.76. The maximum atomic E-state index is 11.5. The fourth-order valence-electron chi connectivity index (χ4n) is 1.36. The molecule has 1 amide bonds. The molecule has 0 saturated carbocycles. The second-order valence-corrected chi connectivity index (χ2v) is 4.88. The summed E-state index contributed by atoms with van der Waals surface area (Å²) < 4.78 is 4.61. The summed E-state index contributed by atoms with van der Waals surface area (Å²) in [6, 6.07) is 0.145. The van der Waals surface area contributed by atoms with Gasteiger partial charge < -0.3 is 21.5 Å². The number of thiophene rings is 1. The molecule has 1 aromatic rings. The number of nitrogens with two attached hydrogens (primary N) is 2. The van der Waals surface area contributed by atoms with Crippen molar-refractivity contribution in [2.75, 3.05) is 18.2 Å². The molecule has 0 aromatic carbocycles. The van der Waals surface area contributed by atoms with E-state index in [4.69, 9.17) is 11.5 Å². The normalized spacial score (nSPS) is 11.9. The van der Waals surface area contributed by atoms with Gasteiger partial charge in [-0.1, -0.05) is 6.92 Å². The van der Waals surface area contributed by atoms with E-state index in [1.165, 1.54) is 7.11 Å². The summed E-state index contributed by atoms with van der Waals surface area (Å²) in [5.74, 6) is -1.23. The van der Waals surface area contributed by atoms with Gasteiger partial charge in [-0.25, -0.2) is 4.79 Å². The van der Waals surface area contributed by atoms with Crippen LogP contribution in [-0.2, 0) is 4.74 Å². The van der Waals surface area contributed by atoms with Crippen LogP contribution in [0.2, 0.25) is 0 Å². The zero-order chi connectivity index (χ0) is 13.9. The highest BCUT2D eigenvalue weighted by Crippen LogP contribution is 2.36. The number of rotatable bonds is 5. The summed E-state index contributed by atoms with van der Waals surface area (Å²) in [4.78, 5) is 23.1. The van der Waals surface area contributed by atoms with Crippen LogP contribution >= 0.6 is 11.3 Å². The van der Waals surface area contributed by atoms with Gasteiger partial charge in [0.15, 0.2) is 0 Å². The van der Waals surface area contributed by atoms with E-state index in [1.807, 2.05) is 13.8 Å². The molecule has 7 heteroatoms. The first-order valence-corrected chi connectivity index (χ1v) is 6.30. The Morgan fingerprint density at radius 1 is 1.50 bits per heavy atom. The lowest BCUT2D eigenvalue weighted by Gasteiger charge is -2.11. The van der Waals surface area contributed by atoms with E-state index >= 15 is 0 Å². The monoisotopic (exact) mass is 271 g/mol. The lowest BCUT2D eigenvalue weighted by molar-refractivity contribution is 0.0607. The fraction of sp³-hybridized carbons (Fsp3) is 0.455.